The van der Waals surface area contributed by atoms with E-state index in [0.717, 1.165) is 31.9 Å². The van der Waals surface area contributed by atoms with Gasteiger partial charge in [-0.05, 0) is 56.2 Å². The zero-order valence-corrected chi connectivity index (χ0v) is 22.7. The topological polar surface area (TPSA) is 109 Å². The smallest absolute Gasteiger partial charge is 0.257 e. The summed E-state index contributed by atoms with van der Waals surface area (Å²) in [6.45, 7) is 5.54. The minimum Gasteiger partial charge on any atom is -0.381 e. The Bertz CT molecular complexity index is 1360. The molecule has 2 amide bonds. The average Bonchev–Trinajstić information content (AvgIpc) is 2.98. The number of pyridine rings is 2. The fourth-order valence-corrected chi connectivity index (χ4v) is 4.87. The normalized spacial score (nSPS) is 15.9. The number of halogens is 1. The monoisotopic (exact) mass is 548 g/mol. The van der Waals surface area contributed by atoms with Crippen LogP contribution < -0.4 is 20.4 Å². The van der Waals surface area contributed by atoms with Gasteiger partial charge in [0.2, 0.25) is 0 Å². The van der Waals surface area contributed by atoms with E-state index in [4.69, 9.17) is 9.47 Å². The Balaban J connectivity index is 1.25. The highest BCUT2D eigenvalue weighted by Gasteiger charge is 2.20. The number of hydrogen-bond acceptors (Lipinski definition) is 8. The number of aromatic nitrogens is 2. The maximum atomic E-state index is 14.4. The number of amides is 2. The van der Waals surface area contributed by atoms with Crippen molar-refractivity contribution in [3.05, 3.63) is 71.4 Å². The van der Waals surface area contributed by atoms with Gasteiger partial charge in [-0.2, -0.15) is 0 Å². The summed E-state index contributed by atoms with van der Waals surface area (Å²) in [5.74, 6) is -0.565. The summed E-state index contributed by atoms with van der Waals surface area (Å²) >= 11 is 0. The second-order valence-corrected chi connectivity index (χ2v) is 9.92. The van der Waals surface area contributed by atoms with Crippen LogP contribution >= 0.6 is 0 Å². The van der Waals surface area contributed by atoms with Gasteiger partial charge in [0.1, 0.15) is 11.6 Å². The second-order valence-electron chi connectivity index (χ2n) is 9.92. The van der Waals surface area contributed by atoms with E-state index in [1.807, 2.05) is 18.0 Å². The number of benzene rings is 1. The number of morpholine rings is 1. The molecular weight excluding hydrogens is 515 g/mol. The van der Waals surface area contributed by atoms with Crippen LogP contribution in [0.4, 0.5) is 27.3 Å². The molecule has 2 aromatic heterocycles. The van der Waals surface area contributed by atoms with E-state index in [-0.39, 0.29) is 11.5 Å². The molecule has 3 aromatic rings. The Morgan fingerprint density at radius 3 is 2.35 bits per heavy atom. The summed E-state index contributed by atoms with van der Waals surface area (Å²) in [6, 6.07) is 9.84. The molecule has 10 nitrogen and oxygen atoms in total. The molecule has 1 aromatic carbocycles. The molecule has 2 aliphatic heterocycles. The van der Waals surface area contributed by atoms with Crippen LogP contribution in [0.1, 0.15) is 39.3 Å². The number of carbonyl (C=O) groups is 2. The van der Waals surface area contributed by atoms with E-state index in [9.17, 15) is 14.0 Å². The molecule has 0 bridgehead atoms. The highest BCUT2D eigenvalue weighted by Crippen LogP contribution is 2.23. The molecule has 0 unspecified atom stereocenters. The van der Waals surface area contributed by atoms with E-state index in [0.29, 0.717) is 60.7 Å². The van der Waals surface area contributed by atoms with Crippen LogP contribution in [0, 0.1) is 12.7 Å². The molecule has 0 saturated carbocycles. The molecule has 2 aliphatic rings. The Morgan fingerprint density at radius 2 is 1.62 bits per heavy atom. The van der Waals surface area contributed by atoms with Gasteiger partial charge >= 0.3 is 0 Å². The molecule has 210 valence electrons. The number of ether oxygens (including phenoxy) is 2. The molecule has 0 radical (unpaired) electrons. The Morgan fingerprint density at radius 1 is 0.925 bits per heavy atom. The van der Waals surface area contributed by atoms with Crippen molar-refractivity contribution in [2.45, 2.75) is 25.8 Å². The quantitative estimate of drug-likeness (QED) is 0.458. The second kappa shape index (κ2) is 12.4. The number of aryl methyl sites for hydroxylation is 1. The van der Waals surface area contributed by atoms with Crippen LogP contribution in [-0.2, 0) is 9.47 Å². The van der Waals surface area contributed by atoms with Crippen molar-refractivity contribution in [3.8, 4) is 0 Å². The van der Waals surface area contributed by atoms with Crippen LogP contribution in [0.3, 0.4) is 0 Å². The number of anilines is 4. The molecule has 0 atom stereocenters. The van der Waals surface area contributed by atoms with Crippen molar-refractivity contribution < 1.29 is 23.5 Å². The largest absolute Gasteiger partial charge is 0.381 e. The molecule has 5 rings (SSSR count). The summed E-state index contributed by atoms with van der Waals surface area (Å²) in [7, 11) is 2.01. The van der Waals surface area contributed by atoms with Crippen molar-refractivity contribution in [2.24, 2.45) is 0 Å². The minimum absolute atomic E-state index is 0.171. The first-order chi connectivity index (χ1) is 19.4. The van der Waals surface area contributed by atoms with E-state index in [1.165, 1.54) is 18.3 Å². The van der Waals surface area contributed by atoms with Crippen molar-refractivity contribution in [1.82, 2.24) is 9.97 Å². The Kier molecular flexibility index (Phi) is 8.51. The third kappa shape index (κ3) is 6.54. The summed E-state index contributed by atoms with van der Waals surface area (Å²) in [5, 5.41) is 5.59. The third-order valence-electron chi connectivity index (χ3n) is 7.22. The molecule has 4 heterocycles. The van der Waals surface area contributed by atoms with E-state index in [2.05, 4.69) is 25.5 Å². The van der Waals surface area contributed by atoms with Gasteiger partial charge in [0.25, 0.3) is 11.8 Å². The maximum absolute atomic E-state index is 14.4. The molecule has 40 heavy (non-hydrogen) atoms. The lowest BCUT2D eigenvalue weighted by Crippen LogP contribution is -2.37. The van der Waals surface area contributed by atoms with Gasteiger partial charge < -0.3 is 29.9 Å². The van der Waals surface area contributed by atoms with Gasteiger partial charge in [-0.25, -0.2) is 9.37 Å². The first-order valence-corrected chi connectivity index (χ1v) is 13.4. The zero-order valence-electron chi connectivity index (χ0n) is 22.7. The molecule has 0 spiro atoms. The fourth-order valence-electron chi connectivity index (χ4n) is 4.87. The maximum Gasteiger partial charge on any atom is 0.257 e. The minimum atomic E-state index is -0.505. The Hall–Kier alpha value is -4.09. The van der Waals surface area contributed by atoms with Gasteiger partial charge in [0.05, 0.1) is 48.2 Å². The Labute approximate surface area is 232 Å². The molecule has 11 heteroatoms. The standard InChI is InChI=1S/C29H33FN6O4/c1-19-26(29(38)33-22-3-4-27(32-17-22)35(2)24-5-9-39-10-6-24)16-23(18-31-19)34-28(37)20-13-21(30)15-25(14-20)36-7-11-40-12-8-36/h3-4,13-18,24H,5-12H2,1-2H3,(H,33,38)(H,34,37). The van der Waals surface area contributed by atoms with Gasteiger partial charge in [-0.15, -0.1) is 0 Å². The van der Waals surface area contributed by atoms with Crippen LogP contribution in [0.15, 0.2) is 48.8 Å². The van der Waals surface area contributed by atoms with Gasteiger partial charge in [-0.1, -0.05) is 0 Å². The molecular formula is C29H33FN6O4. The number of nitrogens with one attached hydrogen (secondary N) is 2. The summed E-state index contributed by atoms with van der Waals surface area (Å²) < 4.78 is 25.2. The van der Waals surface area contributed by atoms with Crippen LogP contribution in [0.25, 0.3) is 0 Å². The van der Waals surface area contributed by atoms with Crippen molar-refractivity contribution in [1.29, 1.82) is 0 Å². The highest BCUT2D eigenvalue weighted by molar-refractivity contribution is 6.08. The molecule has 2 fully saturated rings. The summed E-state index contributed by atoms with van der Waals surface area (Å²) in [4.78, 5) is 39.0. The van der Waals surface area contributed by atoms with E-state index in [1.54, 1.807) is 31.3 Å². The lowest BCUT2D eigenvalue weighted by molar-refractivity contribution is 0.0853. The van der Waals surface area contributed by atoms with Gasteiger partial charge in [0, 0.05) is 50.6 Å². The average molecular weight is 549 g/mol. The van der Waals surface area contributed by atoms with Crippen LogP contribution in [0.5, 0.6) is 0 Å². The third-order valence-corrected chi connectivity index (χ3v) is 7.22. The highest BCUT2D eigenvalue weighted by atomic mass is 19.1. The number of nitrogens with zero attached hydrogens (tertiary/aromatic N) is 4. The molecule has 0 aliphatic carbocycles. The van der Waals surface area contributed by atoms with Crippen molar-refractivity contribution in [3.63, 3.8) is 0 Å². The predicted molar refractivity (Wildman–Crippen MR) is 151 cm³/mol. The van der Waals surface area contributed by atoms with Crippen LogP contribution in [0.2, 0.25) is 0 Å². The molecule has 2 N–H and O–H groups in total. The van der Waals surface area contributed by atoms with Gasteiger partial charge in [-0.3, -0.25) is 14.6 Å². The lowest BCUT2D eigenvalue weighted by atomic mass is 10.1. The molecule has 2 saturated heterocycles. The number of carbonyl (C=O) groups excluding carboxylic acids is 2. The number of hydrogen-bond donors (Lipinski definition) is 2. The van der Waals surface area contributed by atoms with Gasteiger partial charge in [0.15, 0.2) is 0 Å². The van der Waals surface area contributed by atoms with E-state index < -0.39 is 11.7 Å². The zero-order chi connectivity index (χ0) is 28.1. The van der Waals surface area contributed by atoms with Crippen LogP contribution in [-0.4, -0.2) is 74.4 Å². The van der Waals surface area contributed by atoms with Crippen molar-refractivity contribution in [2.75, 3.05) is 67.0 Å². The first kappa shape index (κ1) is 27.5. The number of rotatable bonds is 7. The lowest BCUT2D eigenvalue weighted by Gasteiger charge is -2.32. The SMILES string of the molecule is Cc1ncc(NC(=O)c2cc(F)cc(N3CCOCC3)c2)cc1C(=O)Nc1ccc(N(C)C2CCOCC2)nc1. The van der Waals surface area contributed by atoms with Crippen molar-refractivity contribution >= 4 is 34.7 Å². The van der Waals surface area contributed by atoms with E-state index >= 15 is 0 Å². The summed E-state index contributed by atoms with van der Waals surface area (Å²) in [6.07, 6.45) is 4.98. The predicted octanol–water partition coefficient (Wildman–Crippen LogP) is 3.88. The summed E-state index contributed by atoms with van der Waals surface area (Å²) in [5.41, 5.74) is 2.45. The first-order valence-electron chi connectivity index (χ1n) is 13.4. The fraction of sp³-hybridized carbons (Fsp3) is 0.379.